The minimum atomic E-state index is 0.689. The highest BCUT2D eigenvalue weighted by atomic mass is 35.5. The van der Waals surface area contributed by atoms with E-state index in [-0.39, 0.29) is 0 Å². The molecule has 0 fully saturated rings. The third kappa shape index (κ3) is 2.30. The molecular weight excluding hydrogens is 260 g/mol. The second-order valence-electron chi connectivity index (χ2n) is 4.10. The second kappa shape index (κ2) is 4.74. The monoisotopic (exact) mass is 270 g/mol. The second-order valence-corrected chi connectivity index (χ2v) is 4.53. The predicted molar refractivity (Wildman–Crippen MR) is 76.2 cm³/mol. The first-order chi connectivity index (χ1) is 9.24. The topological polar surface area (TPSA) is 56.7 Å². The van der Waals surface area contributed by atoms with Crippen LogP contribution in [0.4, 0.5) is 5.69 Å². The Hall–Kier alpha value is -2.33. The summed E-state index contributed by atoms with van der Waals surface area (Å²) in [6.07, 6.45) is 1.52. The van der Waals surface area contributed by atoms with Crippen molar-refractivity contribution in [1.29, 1.82) is 0 Å². The van der Waals surface area contributed by atoms with E-state index in [0.717, 1.165) is 17.1 Å². The van der Waals surface area contributed by atoms with Crippen molar-refractivity contribution in [3.8, 4) is 17.1 Å². The number of nitrogen functional groups attached to an aromatic ring is 1. The molecule has 0 saturated heterocycles. The van der Waals surface area contributed by atoms with Crippen LogP contribution in [-0.2, 0) is 0 Å². The van der Waals surface area contributed by atoms with Crippen LogP contribution in [0.25, 0.3) is 17.1 Å². The Bertz CT molecular complexity index is 703. The van der Waals surface area contributed by atoms with E-state index in [2.05, 4.69) is 10.1 Å². The van der Waals surface area contributed by atoms with Gasteiger partial charge in [-0.2, -0.15) is 5.10 Å². The van der Waals surface area contributed by atoms with Crippen molar-refractivity contribution in [1.82, 2.24) is 14.8 Å². The average Bonchev–Trinajstić information content (AvgIpc) is 2.89. The molecule has 3 aromatic rings. The number of nitrogens with zero attached hydrogens (tertiary/aromatic N) is 3. The van der Waals surface area contributed by atoms with E-state index in [4.69, 9.17) is 17.3 Å². The molecule has 0 bridgehead atoms. The highest BCUT2D eigenvalue weighted by Gasteiger charge is 2.09. The van der Waals surface area contributed by atoms with Crippen LogP contribution in [0, 0.1) is 0 Å². The van der Waals surface area contributed by atoms with Gasteiger partial charge in [-0.3, -0.25) is 0 Å². The van der Waals surface area contributed by atoms with Crippen LogP contribution in [0.15, 0.2) is 54.9 Å². The number of rotatable bonds is 2. The third-order valence-electron chi connectivity index (χ3n) is 2.76. The Morgan fingerprint density at radius 3 is 2.58 bits per heavy atom. The Balaban J connectivity index is 2.10. The van der Waals surface area contributed by atoms with Gasteiger partial charge in [-0.1, -0.05) is 23.7 Å². The molecule has 3 rings (SSSR count). The van der Waals surface area contributed by atoms with Crippen LogP contribution in [0.1, 0.15) is 0 Å². The number of hydrogen-bond donors (Lipinski definition) is 1. The molecule has 0 aliphatic heterocycles. The van der Waals surface area contributed by atoms with E-state index < -0.39 is 0 Å². The van der Waals surface area contributed by atoms with Gasteiger partial charge in [0.25, 0.3) is 0 Å². The summed E-state index contributed by atoms with van der Waals surface area (Å²) in [7, 11) is 0. The van der Waals surface area contributed by atoms with Gasteiger partial charge in [-0.05, 0) is 36.4 Å². The molecule has 19 heavy (non-hydrogen) atoms. The van der Waals surface area contributed by atoms with E-state index >= 15 is 0 Å². The number of halogens is 1. The zero-order valence-electron chi connectivity index (χ0n) is 9.99. The van der Waals surface area contributed by atoms with Gasteiger partial charge in [0.1, 0.15) is 6.33 Å². The average molecular weight is 271 g/mol. The van der Waals surface area contributed by atoms with Crippen molar-refractivity contribution in [2.24, 2.45) is 0 Å². The quantitative estimate of drug-likeness (QED) is 0.728. The first-order valence-corrected chi connectivity index (χ1v) is 6.14. The van der Waals surface area contributed by atoms with Crippen molar-refractivity contribution in [3.05, 3.63) is 59.9 Å². The van der Waals surface area contributed by atoms with Gasteiger partial charge in [0, 0.05) is 16.3 Å². The molecule has 0 spiro atoms. The van der Waals surface area contributed by atoms with Crippen LogP contribution in [0.3, 0.4) is 0 Å². The Kier molecular flexibility index (Phi) is 2.93. The standard InChI is InChI=1S/C14H11ClN4/c15-11-4-6-13(7-5-11)19-14(17-9-18-19)10-2-1-3-12(16)8-10/h1-9H,16H2. The van der Waals surface area contributed by atoms with Gasteiger partial charge in [-0.25, -0.2) is 9.67 Å². The lowest BCUT2D eigenvalue weighted by Crippen LogP contribution is -1.99. The predicted octanol–water partition coefficient (Wildman–Crippen LogP) is 3.17. The molecule has 0 aliphatic rings. The highest BCUT2D eigenvalue weighted by Crippen LogP contribution is 2.22. The Labute approximate surface area is 115 Å². The van der Waals surface area contributed by atoms with Crippen LogP contribution in [0.5, 0.6) is 0 Å². The normalized spacial score (nSPS) is 10.6. The van der Waals surface area contributed by atoms with E-state index in [9.17, 15) is 0 Å². The molecule has 0 atom stereocenters. The summed E-state index contributed by atoms with van der Waals surface area (Å²) in [6, 6.07) is 15.0. The van der Waals surface area contributed by atoms with Crippen molar-refractivity contribution >= 4 is 17.3 Å². The fourth-order valence-electron chi connectivity index (χ4n) is 1.89. The van der Waals surface area contributed by atoms with Gasteiger partial charge in [-0.15, -0.1) is 0 Å². The zero-order valence-corrected chi connectivity index (χ0v) is 10.7. The van der Waals surface area contributed by atoms with Gasteiger partial charge in [0.2, 0.25) is 0 Å². The molecule has 0 radical (unpaired) electrons. The molecule has 0 amide bonds. The van der Waals surface area contributed by atoms with Crippen molar-refractivity contribution in [2.75, 3.05) is 5.73 Å². The molecule has 2 aromatic carbocycles. The minimum Gasteiger partial charge on any atom is -0.399 e. The Morgan fingerprint density at radius 2 is 1.84 bits per heavy atom. The molecule has 0 unspecified atom stereocenters. The zero-order chi connectivity index (χ0) is 13.2. The summed E-state index contributed by atoms with van der Waals surface area (Å²) in [5, 5.41) is 4.93. The first-order valence-electron chi connectivity index (χ1n) is 5.76. The SMILES string of the molecule is Nc1cccc(-c2ncnn2-c2ccc(Cl)cc2)c1. The number of hydrogen-bond acceptors (Lipinski definition) is 3. The fraction of sp³-hybridized carbons (Fsp3) is 0. The lowest BCUT2D eigenvalue weighted by Gasteiger charge is -2.06. The Morgan fingerprint density at radius 1 is 1.05 bits per heavy atom. The molecule has 2 N–H and O–H groups in total. The van der Waals surface area contributed by atoms with Crippen molar-refractivity contribution in [3.63, 3.8) is 0 Å². The largest absolute Gasteiger partial charge is 0.399 e. The molecule has 0 aliphatic carbocycles. The van der Waals surface area contributed by atoms with Crippen LogP contribution in [0.2, 0.25) is 5.02 Å². The minimum absolute atomic E-state index is 0.689. The molecule has 4 nitrogen and oxygen atoms in total. The van der Waals surface area contributed by atoms with E-state index in [0.29, 0.717) is 10.7 Å². The highest BCUT2D eigenvalue weighted by molar-refractivity contribution is 6.30. The summed E-state index contributed by atoms with van der Waals surface area (Å²) in [6.45, 7) is 0. The molecule has 1 heterocycles. The van der Waals surface area contributed by atoms with Crippen LogP contribution in [-0.4, -0.2) is 14.8 Å². The third-order valence-corrected chi connectivity index (χ3v) is 3.02. The summed E-state index contributed by atoms with van der Waals surface area (Å²) in [5.41, 5.74) is 8.32. The number of nitrogens with two attached hydrogens (primary N) is 1. The van der Waals surface area contributed by atoms with Gasteiger partial charge < -0.3 is 5.73 Å². The molecule has 94 valence electrons. The molecule has 5 heteroatoms. The number of benzene rings is 2. The lowest BCUT2D eigenvalue weighted by molar-refractivity contribution is 0.887. The molecule has 0 saturated carbocycles. The van der Waals surface area contributed by atoms with Crippen LogP contribution < -0.4 is 5.73 Å². The molecule has 1 aromatic heterocycles. The smallest absolute Gasteiger partial charge is 0.163 e. The lowest BCUT2D eigenvalue weighted by atomic mass is 10.2. The summed E-state index contributed by atoms with van der Waals surface area (Å²) < 4.78 is 1.76. The molecular formula is C14H11ClN4. The van der Waals surface area contributed by atoms with E-state index in [1.165, 1.54) is 6.33 Å². The van der Waals surface area contributed by atoms with E-state index in [1.54, 1.807) is 4.68 Å². The summed E-state index contributed by atoms with van der Waals surface area (Å²) in [4.78, 5) is 4.29. The van der Waals surface area contributed by atoms with Crippen molar-refractivity contribution in [2.45, 2.75) is 0 Å². The van der Waals surface area contributed by atoms with Gasteiger partial charge >= 0.3 is 0 Å². The van der Waals surface area contributed by atoms with Gasteiger partial charge in [0.15, 0.2) is 5.82 Å². The first kappa shape index (κ1) is 11.7. The number of aromatic nitrogens is 3. The van der Waals surface area contributed by atoms with E-state index in [1.807, 2.05) is 48.5 Å². The number of anilines is 1. The maximum atomic E-state index is 5.89. The fourth-order valence-corrected chi connectivity index (χ4v) is 2.01. The summed E-state index contributed by atoms with van der Waals surface area (Å²) >= 11 is 5.89. The summed E-state index contributed by atoms with van der Waals surface area (Å²) in [5.74, 6) is 0.745. The van der Waals surface area contributed by atoms with Crippen molar-refractivity contribution < 1.29 is 0 Å². The van der Waals surface area contributed by atoms with Crippen LogP contribution >= 0.6 is 11.6 Å². The maximum Gasteiger partial charge on any atom is 0.163 e. The van der Waals surface area contributed by atoms with Gasteiger partial charge in [0.05, 0.1) is 5.69 Å². The maximum absolute atomic E-state index is 5.89.